The lowest BCUT2D eigenvalue weighted by Crippen LogP contribution is -2.19. The zero-order valence-corrected chi connectivity index (χ0v) is 11.7. The van der Waals surface area contributed by atoms with Crippen molar-refractivity contribution in [2.45, 2.75) is 19.9 Å². The first-order valence-electron chi connectivity index (χ1n) is 5.53. The number of aryl methyl sites for hydroxylation is 3. The first kappa shape index (κ1) is 13.8. The summed E-state index contributed by atoms with van der Waals surface area (Å²) in [5.41, 5.74) is 0.363. The Labute approximate surface area is 118 Å². The van der Waals surface area contributed by atoms with Crippen molar-refractivity contribution >= 4 is 28.9 Å². The molecule has 5 nitrogen and oxygen atoms in total. The van der Waals surface area contributed by atoms with Gasteiger partial charge in [0.05, 0.1) is 15.7 Å². The second-order valence-corrected chi connectivity index (χ2v) is 5.48. The van der Waals surface area contributed by atoms with Crippen LogP contribution in [-0.4, -0.2) is 20.6 Å². The Morgan fingerprint density at radius 1 is 1.53 bits per heavy atom. The predicted octanol–water partition coefficient (Wildman–Crippen LogP) is 2.21. The zero-order chi connectivity index (χ0) is 14.0. The summed E-state index contributed by atoms with van der Waals surface area (Å²) in [5.74, 6) is -0.971. The maximum Gasteiger partial charge on any atom is 0.347 e. The van der Waals surface area contributed by atoms with Crippen molar-refractivity contribution in [3.63, 3.8) is 0 Å². The van der Waals surface area contributed by atoms with Gasteiger partial charge in [0.1, 0.15) is 4.88 Å². The number of hydrogen-bond acceptors (Lipinski definition) is 4. The summed E-state index contributed by atoms with van der Waals surface area (Å²) in [6.07, 6.45) is 2.06. The van der Waals surface area contributed by atoms with Gasteiger partial charge in [0.2, 0.25) is 0 Å². The lowest BCUT2D eigenvalue weighted by atomic mass is 10.4. The predicted molar refractivity (Wildman–Crippen MR) is 73.2 cm³/mol. The van der Waals surface area contributed by atoms with Crippen LogP contribution in [0.4, 0.5) is 0 Å². The minimum Gasteiger partial charge on any atom is -0.477 e. The fraction of sp³-hybridized carbons (Fsp3) is 0.250. The number of halogens is 1. The van der Waals surface area contributed by atoms with Crippen LogP contribution in [0, 0.1) is 6.92 Å². The molecule has 2 aromatic rings. The lowest BCUT2D eigenvalue weighted by Gasteiger charge is -2.03. The van der Waals surface area contributed by atoms with Crippen molar-refractivity contribution in [1.29, 1.82) is 0 Å². The Morgan fingerprint density at radius 2 is 2.26 bits per heavy atom. The molecule has 0 aliphatic heterocycles. The van der Waals surface area contributed by atoms with E-state index >= 15 is 0 Å². The summed E-state index contributed by atoms with van der Waals surface area (Å²) in [5, 5.41) is 10.1. The molecule has 0 aromatic carbocycles. The van der Waals surface area contributed by atoms with E-state index in [2.05, 4.69) is 4.98 Å². The van der Waals surface area contributed by atoms with E-state index in [-0.39, 0.29) is 10.4 Å². The molecule has 0 spiro atoms. The molecule has 0 amide bonds. The number of hydrogen-bond donors (Lipinski definition) is 1. The van der Waals surface area contributed by atoms with Gasteiger partial charge in [-0.15, -0.1) is 11.3 Å². The molecule has 19 heavy (non-hydrogen) atoms. The Morgan fingerprint density at radius 3 is 2.89 bits per heavy atom. The van der Waals surface area contributed by atoms with E-state index in [1.165, 1.54) is 16.7 Å². The van der Waals surface area contributed by atoms with E-state index in [9.17, 15) is 9.59 Å². The van der Waals surface area contributed by atoms with E-state index < -0.39 is 5.97 Å². The smallest absolute Gasteiger partial charge is 0.347 e. The number of carbonyl (C=O) groups is 1. The van der Waals surface area contributed by atoms with Crippen LogP contribution in [0.15, 0.2) is 23.1 Å². The Hall–Kier alpha value is -1.66. The molecule has 0 aliphatic carbocycles. The fourth-order valence-electron chi connectivity index (χ4n) is 1.65. The highest BCUT2D eigenvalue weighted by Crippen LogP contribution is 2.18. The van der Waals surface area contributed by atoms with Crippen molar-refractivity contribution in [3.8, 4) is 0 Å². The minimum atomic E-state index is -0.971. The van der Waals surface area contributed by atoms with E-state index in [0.29, 0.717) is 28.7 Å². The minimum absolute atomic E-state index is 0.142. The monoisotopic (exact) mass is 298 g/mol. The number of carboxylic acids is 1. The highest BCUT2D eigenvalue weighted by molar-refractivity contribution is 7.13. The van der Waals surface area contributed by atoms with Crippen LogP contribution in [0.2, 0.25) is 5.02 Å². The fourth-order valence-corrected chi connectivity index (χ4v) is 2.72. The summed E-state index contributed by atoms with van der Waals surface area (Å²) in [7, 11) is 0. The number of carboxylic acid groups (broad SMARTS) is 1. The van der Waals surface area contributed by atoms with E-state index in [4.69, 9.17) is 16.7 Å². The van der Waals surface area contributed by atoms with Gasteiger partial charge in [0, 0.05) is 25.2 Å². The van der Waals surface area contributed by atoms with E-state index in [1.807, 2.05) is 0 Å². The van der Waals surface area contributed by atoms with Crippen LogP contribution in [0.25, 0.3) is 0 Å². The highest BCUT2D eigenvalue weighted by Gasteiger charge is 2.13. The van der Waals surface area contributed by atoms with Gasteiger partial charge in [-0.2, -0.15) is 0 Å². The summed E-state index contributed by atoms with van der Waals surface area (Å²) >= 11 is 6.96. The first-order valence-corrected chi connectivity index (χ1v) is 6.72. The van der Waals surface area contributed by atoms with Crippen LogP contribution < -0.4 is 5.56 Å². The van der Waals surface area contributed by atoms with Crippen molar-refractivity contribution in [2.24, 2.45) is 0 Å². The summed E-state index contributed by atoms with van der Waals surface area (Å²) in [6.45, 7) is 2.08. The largest absolute Gasteiger partial charge is 0.477 e. The van der Waals surface area contributed by atoms with Crippen molar-refractivity contribution < 1.29 is 9.90 Å². The third-order valence-corrected chi connectivity index (χ3v) is 3.98. The van der Waals surface area contributed by atoms with Crippen LogP contribution >= 0.6 is 22.9 Å². The van der Waals surface area contributed by atoms with Crippen LogP contribution in [0.5, 0.6) is 0 Å². The summed E-state index contributed by atoms with van der Waals surface area (Å²) in [4.78, 5) is 26.9. The van der Waals surface area contributed by atoms with E-state index in [1.54, 1.807) is 13.1 Å². The number of aromatic nitrogens is 2. The summed E-state index contributed by atoms with van der Waals surface area (Å²) in [6, 6.07) is 2.94. The summed E-state index contributed by atoms with van der Waals surface area (Å²) < 4.78 is 1.49. The van der Waals surface area contributed by atoms with Gasteiger partial charge < -0.3 is 9.67 Å². The SMILES string of the molecule is Cc1nc(CCn2cc(Cl)ccc2=O)sc1C(=O)O. The highest BCUT2D eigenvalue weighted by atomic mass is 35.5. The van der Waals surface area contributed by atoms with Crippen molar-refractivity contribution in [3.05, 3.63) is 49.3 Å². The van der Waals surface area contributed by atoms with Crippen LogP contribution in [-0.2, 0) is 13.0 Å². The number of rotatable bonds is 4. The zero-order valence-electron chi connectivity index (χ0n) is 10.1. The van der Waals surface area contributed by atoms with Gasteiger partial charge in [-0.25, -0.2) is 9.78 Å². The lowest BCUT2D eigenvalue weighted by molar-refractivity contribution is 0.0701. The molecule has 0 unspecified atom stereocenters. The standard InChI is InChI=1S/C12H11ClN2O3S/c1-7-11(12(17)18)19-9(14-7)4-5-15-6-8(13)2-3-10(15)16/h2-3,6H,4-5H2,1H3,(H,17,18). The number of pyridine rings is 1. The molecule has 0 bridgehead atoms. The third kappa shape index (κ3) is 3.21. The molecule has 1 N–H and O–H groups in total. The van der Waals surface area contributed by atoms with Gasteiger partial charge in [0.25, 0.3) is 5.56 Å². The maximum absolute atomic E-state index is 11.6. The van der Waals surface area contributed by atoms with Gasteiger partial charge in [0.15, 0.2) is 0 Å². The molecule has 2 aromatic heterocycles. The molecule has 0 atom stereocenters. The molecular weight excluding hydrogens is 288 g/mol. The Kier molecular flexibility index (Phi) is 4.01. The second-order valence-electron chi connectivity index (χ2n) is 3.96. The van der Waals surface area contributed by atoms with Gasteiger partial charge in [-0.05, 0) is 13.0 Å². The van der Waals surface area contributed by atoms with E-state index in [0.717, 1.165) is 11.3 Å². The maximum atomic E-state index is 11.6. The van der Waals surface area contributed by atoms with Crippen molar-refractivity contribution in [1.82, 2.24) is 9.55 Å². The quantitative estimate of drug-likeness (QED) is 0.939. The molecule has 0 radical (unpaired) electrons. The first-order chi connectivity index (χ1) is 8.97. The van der Waals surface area contributed by atoms with Gasteiger partial charge >= 0.3 is 5.97 Å². The third-order valence-electron chi connectivity index (χ3n) is 2.55. The molecule has 2 heterocycles. The van der Waals surface area contributed by atoms with Gasteiger partial charge in [-0.1, -0.05) is 11.6 Å². The molecule has 0 saturated carbocycles. The average Bonchev–Trinajstić information content (AvgIpc) is 2.72. The molecule has 2 rings (SSSR count). The average molecular weight is 299 g/mol. The number of thiazole rings is 1. The van der Waals surface area contributed by atoms with Crippen LogP contribution in [0.3, 0.4) is 0 Å². The molecular formula is C12H11ClN2O3S. The molecule has 0 aliphatic rings. The Balaban J connectivity index is 2.15. The number of nitrogens with zero attached hydrogens (tertiary/aromatic N) is 2. The second kappa shape index (κ2) is 5.54. The normalized spacial score (nSPS) is 10.6. The molecule has 0 fully saturated rings. The topological polar surface area (TPSA) is 72.2 Å². The van der Waals surface area contributed by atoms with Crippen LogP contribution in [0.1, 0.15) is 20.4 Å². The van der Waals surface area contributed by atoms with Crippen molar-refractivity contribution in [2.75, 3.05) is 0 Å². The Bertz CT molecular complexity index is 678. The number of aromatic carboxylic acids is 1. The van der Waals surface area contributed by atoms with Gasteiger partial charge in [-0.3, -0.25) is 4.79 Å². The molecule has 0 saturated heterocycles. The molecule has 7 heteroatoms. The molecule has 100 valence electrons.